The summed E-state index contributed by atoms with van der Waals surface area (Å²) in [4.78, 5) is 0. The molecule has 0 spiro atoms. The van der Waals surface area contributed by atoms with Crippen LogP contribution < -0.4 is 10.1 Å². The second kappa shape index (κ2) is 5.80. The van der Waals surface area contributed by atoms with Crippen LogP contribution in [0, 0.1) is 34.0 Å². The smallest absolute Gasteiger partial charge is 0.145 e. The van der Waals surface area contributed by atoms with Crippen molar-refractivity contribution in [2.75, 3.05) is 12.4 Å². The quantitative estimate of drug-likeness (QED) is 0.791. The lowest BCUT2D eigenvalue weighted by Crippen LogP contribution is -1.95. The number of hydrogen-bond acceptors (Lipinski definition) is 5. The summed E-state index contributed by atoms with van der Waals surface area (Å²) in [6.07, 6.45) is 1.26. The predicted molar refractivity (Wildman–Crippen MR) is 60.6 cm³/mol. The van der Waals surface area contributed by atoms with Gasteiger partial charge in [0.15, 0.2) is 0 Å². The first-order valence-corrected chi connectivity index (χ1v) is 4.60. The largest absolute Gasteiger partial charge is 0.495 e. The van der Waals surface area contributed by atoms with E-state index < -0.39 is 0 Å². The van der Waals surface area contributed by atoms with Crippen molar-refractivity contribution in [2.24, 2.45) is 0 Å². The molecule has 1 N–H and O–H groups in total. The van der Waals surface area contributed by atoms with Crippen LogP contribution in [-0.4, -0.2) is 7.11 Å². The number of methoxy groups -OCH3 is 1. The van der Waals surface area contributed by atoms with Crippen molar-refractivity contribution in [1.29, 1.82) is 15.8 Å². The Kier molecular flexibility index (Phi) is 4.13. The Balaban J connectivity index is 3.06. The minimum absolute atomic E-state index is 0.0607. The zero-order valence-corrected chi connectivity index (χ0v) is 9.06. The molecule has 0 heterocycles. The van der Waals surface area contributed by atoms with Crippen LogP contribution in [0.2, 0.25) is 0 Å². The summed E-state index contributed by atoms with van der Waals surface area (Å²) in [7, 11) is 1.49. The average Bonchev–Trinajstić information content (AvgIpc) is 2.39. The van der Waals surface area contributed by atoms with Crippen LogP contribution in [0.5, 0.6) is 5.75 Å². The number of nitrogens with one attached hydrogen (secondary N) is 1. The number of rotatable bonds is 3. The van der Waals surface area contributed by atoms with Crippen molar-refractivity contribution in [3.8, 4) is 24.0 Å². The highest BCUT2D eigenvalue weighted by atomic mass is 16.5. The molecule has 17 heavy (non-hydrogen) atoms. The topological polar surface area (TPSA) is 92.6 Å². The molecule has 0 aliphatic heterocycles. The summed E-state index contributed by atoms with van der Waals surface area (Å²) in [6, 6.07) is 10.2. The van der Waals surface area contributed by atoms with Crippen LogP contribution in [0.1, 0.15) is 5.56 Å². The van der Waals surface area contributed by atoms with E-state index >= 15 is 0 Å². The van der Waals surface area contributed by atoms with Crippen LogP contribution in [-0.2, 0) is 0 Å². The Morgan fingerprint density at radius 2 is 2.00 bits per heavy atom. The molecule has 0 saturated heterocycles. The molecule has 0 aliphatic rings. The van der Waals surface area contributed by atoms with Gasteiger partial charge in [-0.05, 0) is 18.2 Å². The molecule has 0 fully saturated rings. The molecule has 1 aromatic rings. The summed E-state index contributed by atoms with van der Waals surface area (Å²) in [5.41, 5.74) is 0.918. The first-order valence-electron chi connectivity index (χ1n) is 4.60. The third-order valence-electron chi connectivity index (χ3n) is 1.94. The number of anilines is 1. The molecular formula is C12H8N4O. The van der Waals surface area contributed by atoms with Crippen molar-refractivity contribution >= 4 is 5.69 Å². The molecule has 1 aromatic carbocycles. The standard InChI is InChI=1S/C12H8N4O/c1-17-12-3-2-9(5-13)4-11(12)16-8-10(6-14)7-15/h2-4,8,16H,1H3. The normalized spacial score (nSPS) is 8.12. The van der Waals surface area contributed by atoms with E-state index in [0.717, 1.165) is 0 Å². The molecule has 0 saturated carbocycles. The molecule has 0 atom stereocenters. The third-order valence-corrected chi connectivity index (χ3v) is 1.94. The van der Waals surface area contributed by atoms with Crippen molar-refractivity contribution in [3.63, 3.8) is 0 Å². The molecule has 0 radical (unpaired) electrons. The van der Waals surface area contributed by atoms with E-state index in [4.69, 9.17) is 20.5 Å². The lowest BCUT2D eigenvalue weighted by atomic mass is 10.2. The Morgan fingerprint density at radius 3 is 2.53 bits per heavy atom. The van der Waals surface area contributed by atoms with Crippen LogP contribution in [0.3, 0.4) is 0 Å². The van der Waals surface area contributed by atoms with Crippen LogP contribution in [0.15, 0.2) is 30.0 Å². The van der Waals surface area contributed by atoms with E-state index in [2.05, 4.69) is 5.32 Å². The van der Waals surface area contributed by atoms with E-state index in [1.165, 1.54) is 13.3 Å². The van der Waals surface area contributed by atoms with Crippen molar-refractivity contribution in [2.45, 2.75) is 0 Å². The number of nitriles is 3. The Labute approximate surface area is 98.8 Å². The van der Waals surface area contributed by atoms with Crippen LogP contribution in [0.4, 0.5) is 5.69 Å². The van der Waals surface area contributed by atoms with E-state index in [-0.39, 0.29) is 5.57 Å². The predicted octanol–water partition coefficient (Wildman–Crippen LogP) is 1.91. The van der Waals surface area contributed by atoms with Crippen LogP contribution >= 0.6 is 0 Å². The maximum Gasteiger partial charge on any atom is 0.145 e. The fourth-order valence-corrected chi connectivity index (χ4v) is 1.13. The van der Waals surface area contributed by atoms with Gasteiger partial charge >= 0.3 is 0 Å². The number of benzene rings is 1. The summed E-state index contributed by atoms with van der Waals surface area (Å²) in [6.45, 7) is 0. The first-order chi connectivity index (χ1) is 8.24. The monoisotopic (exact) mass is 224 g/mol. The minimum Gasteiger partial charge on any atom is -0.495 e. The maximum atomic E-state index is 8.76. The fourth-order valence-electron chi connectivity index (χ4n) is 1.13. The molecule has 0 unspecified atom stereocenters. The van der Waals surface area contributed by atoms with Gasteiger partial charge in [-0.25, -0.2) is 0 Å². The van der Waals surface area contributed by atoms with E-state index in [1.54, 1.807) is 30.3 Å². The number of allylic oxidation sites excluding steroid dienone is 1. The summed E-state index contributed by atoms with van der Waals surface area (Å²) in [5.74, 6) is 0.524. The van der Waals surface area contributed by atoms with Gasteiger partial charge in [-0.3, -0.25) is 0 Å². The minimum atomic E-state index is -0.0607. The van der Waals surface area contributed by atoms with Crippen molar-refractivity contribution < 1.29 is 4.74 Å². The molecule has 5 nitrogen and oxygen atoms in total. The van der Waals surface area contributed by atoms with Gasteiger partial charge in [-0.2, -0.15) is 15.8 Å². The summed E-state index contributed by atoms with van der Waals surface area (Å²) < 4.78 is 5.08. The van der Waals surface area contributed by atoms with E-state index in [9.17, 15) is 0 Å². The van der Waals surface area contributed by atoms with Crippen molar-refractivity contribution in [1.82, 2.24) is 0 Å². The van der Waals surface area contributed by atoms with Gasteiger partial charge in [0.1, 0.15) is 23.5 Å². The number of ether oxygens (including phenoxy) is 1. The highest BCUT2D eigenvalue weighted by Gasteiger charge is 2.03. The molecule has 0 amide bonds. The van der Waals surface area contributed by atoms with Gasteiger partial charge in [0.2, 0.25) is 0 Å². The lowest BCUT2D eigenvalue weighted by molar-refractivity contribution is 0.417. The molecule has 0 bridgehead atoms. The van der Waals surface area contributed by atoms with Crippen LogP contribution in [0.25, 0.3) is 0 Å². The maximum absolute atomic E-state index is 8.76. The van der Waals surface area contributed by atoms with Gasteiger partial charge in [-0.15, -0.1) is 0 Å². The Hall–Kier alpha value is -2.97. The fraction of sp³-hybridized carbons (Fsp3) is 0.0833. The highest BCUT2D eigenvalue weighted by molar-refractivity contribution is 5.62. The van der Waals surface area contributed by atoms with Crippen molar-refractivity contribution in [3.05, 3.63) is 35.5 Å². The average molecular weight is 224 g/mol. The van der Waals surface area contributed by atoms with Gasteiger partial charge in [0.25, 0.3) is 0 Å². The second-order valence-electron chi connectivity index (χ2n) is 2.95. The van der Waals surface area contributed by atoms with Gasteiger partial charge in [-0.1, -0.05) is 0 Å². The first kappa shape index (κ1) is 12.1. The van der Waals surface area contributed by atoms with Gasteiger partial charge < -0.3 is 10.1 Å². The SMILES string of the molecule is COc1ccc(C#N)cc1NC=C(C#N)C#N. The second-order valence-corrected chi connectivity index (χ2v) is 2.95. The van der Waals surface area contributed by atoms with Gasteiger partial charge in [0, 0.05) is 6.20 Å². The zero-order chi connectivity index (χ0) is 12.7. The molecule has 1 rings (SSSR count). The molecular weight excluding hydrogens is 216 g/mol. The molecule has 0 aliphatic carbocycles. The van der Waals surface area contributed by atoms with Gasteiger partial charge in [0.05, 0.1) is 24.4 Å². The Morgan fingerprint density at radius 1 is 1.29 bits per heavy atom. The summed E-state index contributed by atoms with van der Waals surface area (Å²) in [5, 5.41) is 28.6. The Bertz CT molecular complexity index is 554. The zero-order valence-electron chi connectivity index (χ0n) is 9.06. The molecule has 5 heteroatoms. The summed E-state index contributed by atoms with van der Waals surface area (Å²) >= 11 is 0. The van der Waals surface area contributed by atoms with E-state index in [1.807, 2.05) is 6.07 Å². The highest BCUT2D eigenvalue weighted by Crippen LogP contribution is 2.25. The number of nitrogens with zero attached hydrogens (tertiary/aromatic N) is 3. The van der Waals surface area contributed by atoms with E-state index in [0.29, 0.717) is 17.0 Å². The molecule has 0 aromatic heterocycles. The molecule has 82 valence electrons. The number of hydrogen-bond donors (Lipinski definition) is 1. The third kappa shape index (κ3) is 2.99. The lowest BCUT2D eigenvalue weighted by Gasteiger charge is -2.07.